The van der Waals surface area contributed by atoms with Crippen molar-refractivity contribution in [3.63, 3.8) is 0 Å². The Morgan fingerprint density at radius 2 is 1.97 bits per heavy atom. The van der Waals surface area contributed by atoms with Crippen LogP contribution in [0, 0.1) is 0 Å². The van der Waals surface area contributed by atoms with Gasteiger partial charge in [-0.1, -0.05) is 24.3 Å². The van der Waals surface area contributed by atoms with E-state index in [9.17, 15) is 13.0 Å². The molecule has 0 aliphatic carbocycles. The number of fused-ring (bicyclic) bond motifs is 1. The fourth-order valence-electron chi connectivity index (χ4n) is 3.23. The number of rotatable bonds is 6. The molecule has 1 saturated heterocycles. The van der Waals surface area contributed by atoms with Gasteiger partial charge in [0.1, 0.15) is 22.9 Å². The van der Waals surface area contributed by atoms with Crippen LogP contribution in [0.15, 0.2) is 63.8 Å². The summed E-state index contributed by atoms with van der Waals surface area (Å²) in [6.07, 6.45) is 3.59. The Balaban J connectivity index is 0.00000272. The molecule has 1 aliphatic rings. The Morgan fingerprint density at radius 3 is 2.61 bits per heavy atom. The van der Waals surface area contributed by atoms with E-state index in [0.717, 1.165) is 19.4 Å². The molecule has 4 rings (SSSR count). The van der Waals surface area contributed by atoms with Crippen molar-refractivity contribution >= 4 is 67.5 Å². The van der Waals surface area contributed by atoms with Gasteiger partial charge in [-0.05, 0) is 25.0 Å². The van der Waals surface area contributed by atoms with E-state index >= 15 is 0 Å². The fraction of sp³-hybridized carbons (Fsp3) is 0.250. The fourth-order valence-corrected chi connectivity index (χ4v) is 3.95. The second-order valence-electron chi connectivity index (χ2n) is 6.83. The maximum absolute atomic E-state index is 11.8. The number of anilines is 1. The summed E-state index contributed by atoms with van der Waals surface area (Å²) in [4.78, 5) is 3.90. The molecule has 1 aromatic heterocycles. The first-order valence-corrected chi connectivity index (χ1v) is 10.8. The van der Waals surface area contributed by atoms with Crippen LogP contribution in [-0.2, 0) is 14.9 Å². The second-order valence-corrected chi connectivity index (χ2v) is 8.22. The summed E-state index contributed by atoms with van der Waals surface area (Å²) in [6, 6.07) is 11.1. The SMILES string of the molecule is Nc1c(N=Nc2ccc(OCC3CCCO3)nc2)cc(S(=O)(=O)O)c2ccccc12.[NaH]. The Labute approximate surface area is 201 Å². The third-order valence-electron chi connectivity index (χ3n) is 4.74. The van der Waals surface area contributed by atoms with Gasteiger partial charge in [0, 0.05) is 23.4 Å². The topological polar surface area (TPSA) is 136 Å². The molecule has 1 aliphatic heterocycles. The molecule has 3 N–H and O–H groups in total. The van der Waals surface area contributed by atoms with Crippen LogP contribution < -0.4 is 10.5 Å². The molecule has 2 aromatic carbocycles. The van der Waals surface area contributed by atoms with E-state index in [1.54, 1.807) is 36.4 Å². The van der Waals surface area contributed by atoms with Gasteiger partial charge in [0.15, 0.2) is 0 Å². The Hall–Kier alpha value is -2.08. The molecule has 0 bridgehead atoms. The Kier molecular flexibility index (Phi) is 7.63. The number of nitrogens with zero attached hydrogens (tertiary/aromatic N) is 3. The summed E-state index contributed by atoms with van der Waals surface area (Å²) in [5.74, 6) is 0.448. The third kappa shape index (κ3) is 5.59. The predicted octanol–water partition coefficient (Wildman–Crippen LogP) is 3.39. The minimum atomic E-state index is -4.47. The molecule has 0 amide bonds. The van der Waals surface area contributed by atoms with Crippen molar-refractivity contribution in [2.75, 3.05) is 18.9 Å². The van der Waals surface area contributed by atoms with Crippen molar-refractivity contribution in [3.05, 3.63) is 48.7 Å². The zero-order valence-corrected chi connectivity index (χ0v) is 16.7. The first kappa shape index (κ1) is 23.6. The molecule has 9 nitrogen and oxygen atoms in total. The molecule has 2 heterocycles. The summed E-state index contributed by atoms with van der Waals surface area (Å²) in [6.45, 7) is 1.21. The van der Waals surface area contributed by atoms with Gasteiger partial charge in [0.2, 0.25) is 5.88 Å². The van der Waals surface area contributed by atoms with Crippen LogP contribution in [0.3, 0.4) is 0 Å². The van der Waals surface area contributed by atoms with E-state index in [4.69, 9.17) is 15.2 Å². The van der Waals surface area contributed by atoms with Crippen molar-refractivity contribution in [1.29, 1.82) is 0 Å². The van der Waals surface area contributed by atoms with Crippen molar-refractivity contribution in [1.82, 2.24) is 4.98 Å². The molecule has 1 fully saturated rings. The molecule has 0 saturated carbocycles. The van der Waals surface area contributed by atoms with E-state index in [-0.39, 0.29) is 51.9 Å². The Morgan fingerprint density at radius 1 is 1.19 bits per heavy atom. The van der Waals surface area contributed by atoms with Gasteiger partial charge in [-0.2, -0.15) is 8.42 Å². The van der Waals surface area contributed by atoms with Crippen molar-refractivity contribution < 1.29 is 22.4 Å². The molecule has 11 heteroatoms. The van der Waals surface area contributed by atoms with Crippen LogP contribution in [0.2, 0.25) is 0 Å². The van der Waals surface area contributed by atoms with Gasteiger partial charge >= 0.3 is 29.6 Å². The minimum absolute atomic E-state index is 0. The number of benzene rings is 2. The molecule has 3 aromatic rings. The van der Waals surface area contributed by atoms with Crippen molar-refractivity contribution in [2.24, 2.45) is 10.2 Å². The van der Waals surface area contributed by atoms with Gasteiger partial charge in [-0.15, -0.1) is 10.2 Å². The number of hydrogen-bond acceptors (Lipinski definition) is 8. The molecule has 0 spiro atoms. The van der Waals surface area contributed by atoms with E-state index in [1.807, 2.05) is 0 Å². The maximum atomic E-state index is 11.8. The summed E-state index contributed by atoms with van der Waals surface area (Å²) < 4.78 is 44.3. The van der Waals surface area contributed by atoms with E-state index in [1.165, 1.54) is 12.3 Å². The third-order valence-corrected chi connectivity index (χ3v) is 5.63. The van der Waals surface area contributed by atoms with Crippen LogP contribution in [0.1, 0.15) is 12.8 Å². The standard InChI is InChI=1S/C20H20N4O5S.Na.H/c21-20-16-6-2-1-5-15(16)18(30(25,26)27)10-17(20)24-23-13-7-8-19(22-11-13)29-12-14-4-3-9-28-14;;/h1-2,5-8,10-11,14H,3-4,9,12,21H2,(H,25,26,27);;. The molecular formula is C20H21N4NaO5S. The van der Waals surface area contributed by atoms with Crippen LogP contribution in [0.4, 0.5) is 17.1 Å². The van der Waals surface area contributed by atoms with E-state index in [0.29, 0.717) is 28.9 Å². The summed E-state index contributed by atoms with van der Waals surface area (Å²) in [7, 11) is -4.47. The molecule has 0 radical (unpaired) electrons. The molecular weight excluding hydrogens is 431 g/mol. The average molecular weight is 452 g/mol. The van der Waals surface area contributed by atoms with E-state index < -0.39 is 10.1 Å². The van der Waals surface area contributed by atoms with E-state index in [2.05, 4.69) is 15.2 Å². The predicted molar refractivity (Wildman–Crippen MR) is 118 cm³/mol. The van der Waals surface area contributed by atoms with Gasteiger partial charge in [0.25, 0.3) is 10.1 Å². The first-order valence-electron chi connectivity index (χ1n) is 9.33. The molecule has 158 valence electrons. The van der Waals surface area contributed by atoms with Crippen LogP contribution in [-0.4, -0.2) is 66.8 Å². The van der Waals surface area contributed by atoms with Gasteiger partial charge in [0.05, 0.1) is 18.0 Å². The number of pyridine rings is 1. The van der Waals surface area contributed by atoms with Gasteiger partial charge in [-0.25, -0.2) is 4.98 Å². The number of hydrogen-bond donors (Lipinski definition) is 2. The van der Waals surface area contributed by atoms with Crippen LogP contribution >= 0.6 is 0 Å². The number of nitrogens with two attached hydrogens (primary N) is 1. The van der Waals surface area contributed by atoms with Crippen molar-refractivity contribution in [2.45, 2.75) is 23.8 Å². The summed E-state index contributed by atoms with van der Waals surface area (Å²) in [5.41, 5.74) is 6.95. The first-order chi connectivity index (χ1) is 14.4. The number of aromatic nitrogens is 1. The average Bonchev–Trinajstić information content (AvgIpc) is 3.25. The number of ether oxygens (including phenoxy) is 2. The summed E-state index contributed by atoms with van der Waals surface area (Å²) in [5, 5.41) is 8.90. The van der Waals surface area contributed by atoms with Crippen molar-refractivity contribution in [3.8, 4) is 5.88 Å². The van der Waals surface area contributed by atoms with Crippen LogP contribution in [0.5, 0.6) is 5.88 Å². The molecule has 1 unspecified atom stereocenters. The zero-order chi connectivity index (χ0) is 21.1. The normalized spacial score (nSPS) is 16.5. The monoisotopic (exact) mass is 452 g/mol. The van der Waals surface area contributed by atoms with Gasteiger partial charge < -0.3 is 15.2 Å². The number of nitrogen functional groups attached to an aromatic ring is 1. The quantitative estimate of drug-likeness (QED) is 0.253. The second kappa shape index (κ2) is 10.0. The van der Waals surface area contributed by atoms with Crippen LogP contribution in [0.25, 0.3) is 10.8 Å². The molecule has 31 heavy (non-hydrogen) atoms. The molecule has 1 atom stereocenters. The number of azo groups is 1. The Bertz CT molecular complexity index is 1200. The zero-order valence-electron chi connectivity index (χ0n) is 15.9. The van der Waals surface area contributed by atoms with Gasteiger partial charge in [-0.3, -0.25) is 4.55 Å². The summed E-state index contributed by atoms with van der Waals surface area (Å²) >= 11 is 0.